The summed E-state index contributed by atoms with van der Waals surface area (Å²) in [6.07, 6.45) is 0.931. The Balaban J connectivity index is 2.63. The molecule has 0 N–H and O–H groups in total. The molecule has 0 radical (unpaired) electrons. The van der Waals surface area contributed by atoms with Gasteiger partial charge in [-0.05, 0) is 6.42 Å². The molecule has 1 rings (SSSR count). The molecule has 2 heteroatoms. The molecule has 0 unspecified atom stereocenters. The Morgan fingerprint density at radius 2 is 1.62 bits per heavy atom. The molecular formula is C11H22O2. The van der Waals surface area contributed by atoms with E-state index in [1.807, 2.05) is 0 Å². The molecule has 0 aromatic rings. The third-order valence-electron chi connectivity index (χ3n) is 2.79. The zero-order valence-electron chi connectivity index (χ0n) is 9.52. The molecule has 0 saturated carbocycles. The molecule has 13 heavy (non-hydrogen) atoms. The molecule has 0 amide bonds. The van der Waals surface area contributed by atoms with Crippen molar-refractivity contribution in [3.8, 4) is 0 Å². The van der Waals surface area contributed by atoms with Crippen LogP contribution in [-0.2, 0) is 9.47 Å². The maximum Gasteiger partial charge on any atom is 0.170 e. The number of hydrogen-bond acceptors (Lipinski definition) is 2. The highest BCUT2D eigenvalue weighted by Crippen LogP contribution is 2.36. The summed E-state index contributed by atoms with van der Waals surface area (Å²) >= 11 is 0. The lowest BCUT2D eigenvalue weighted by molar-refractivity contribution is -0.319. The van der Waals surface area contributed by atoms with Gasteiger partial charge >= 0.3 is 0 Å². The second-order valence-corrected chi connectivity index (χ2v) is 5.06. The molecule has 0 bridgehead atoms. The van der Waals surface area contributed by atoms with Crippen molar-refractivity contribution in [2.75, 3.05) is 13.2 Å². The van der Waals surface area contributed by atoms with Crippen LogP contribution < -0.4 is 0 Å². The van der Waals surface area contributed by atoms with Gasteiger partial charge in [-0.3, -0.25) is 0 Å². The van der Waals surface area contributed by atoms with Crippen molar-refractivity contribution in [3.05, 3.63) is 0 Å². The highest BCUT2D eigenvalue weighted by Gasteiger charge is 2.41. The van der Waals surface area contributed by atoms with Gasteiger partial charge in [-0.25, -0.2) is 0 Å². The summed E-state index contributed by atoms with van der Waals surface area (Å²) in [5, 5.41) is 0. The highest BCUT2D eigenvalue weighted by atomic mass is 16.7. The predicted octanol–water partition coefficient (Wildman–Crippen LogP) is 2.82. The first-order chi connectivity index (χ1) is 5.92. The third kappa shape index (κ3) is 2.23. The van der Waals surface area contributed by atoms with E-state index in [-0.39, 0.29) is 11.2 Å². The van der Waals surface area contributed by atoms with Crippen LogP contribution in [-0.4, -0.2) is 19.0 Å². The first-order valence-corrected chi connectivity index (χ1v) is 5.20. The van der Waals surface area contributed by atoms with Gasteiger partial charge < -0.3 is 9.47 Å². The van der Waals surface area contributed by atoms with Crippen LogP contribution in [0, 0.1) is 11.3 Å². The normalized spacial score (nSPS) is 26.3. The van der Waals surface area contributed by atoms with Crippen molar-refractivity contribution in [2.45, 2.75) is 46.8 Å². The van der Waals surface area contributed by atoms with Crippen molar-refractivity contribution in [1.29, 1.82) is 0 Å². The van der Waals surface area contributed by atoms with Crippen molar-refractivity contribution >= 4 is 0 Å². The smallest absolute Gasteiger partial charge is 0.170 e. The van der Waals surface area contributed by atoms with Gasteiger partial charge in [-0.1, -0.05) is 34.6 Å². The van der Waals surface area contributed by atoms with E-state index in [1.54, 1.807) is 0 Å². The van der Waals surface area contributed by atoms with Crippen molar-refractivity contribution < 1.29 is 9.47 Å². The summed E-state index contributed by atoms with van der Waals surface area (Å²) in [5.74, 6) is 0.101. The van der Waals surface area contributed by atoms with E-state index < -0.39 is 0 Å². The summed E-state index contributed by atoms with van der Waals surface area (Å²) < 4.78 is 11.7. The van der Waals surface area contributed by atoms with Gasteiger partial charge in [-0.15, -0.1) is 0 Å². The SMILES string of the molecule is CCC1(C(C)C)OCC(C)(C)CO1. The van der Waals surface area contributed by atoms with E-state index in [9.17, 15) is 0 Å². The lowest BCUT2D eigenvalue weighted by atomic mass is 9.91. The van der Waals surface area contributed by atoms with Crippen LogP contribution >= 0.6 is 0 Å². The van der Waals surface area contributed by atoms with Crippen LogP contribution in [0.4, 0.5) is 0 Å². The Labute approximate surface area is 81.6 Å². The quantitative estimate of drug-likeness (QED) is 0.660. The van der Waals surface area contributed by atoms with Gasteiger partial charge in [-0.2, -0.15) is 0 Å². The highest BCUT2D eigenvalue weighted by molar-refractivity contribution is 4.81. The fraction of sp³-hybridized carbons (Fsp3) is 1.00. The minimum absolute atomic E-state index is 0.174. The zero-order chi connectivity index (χ0) is 10.1. The Kier molecular flexibility index (Phi) is 3.03. The van der Waals surface area contributed by atoms with Crippen LogP contribution in [0.3, 0.4) is 0 Å². The number of hydrogen-bond donors (Lipinski definition) is 0. The molecule has 78 valence electrons. The molecule has 1 saturated heterocycles. The van der Waals surface area contributed by atoms with E-state index in [4.69, 9.17) is 9.47 Å². The third-order valence-corrected chi connectivity index (χ3v) is 2.79. The van der Waals surface area contributed by atoms with E-state index in [2.05, 4.69) is 34.6 Å². The Bertz CT molecular complexity index is 163. The molecule has 0 aromatic carbocycles. The molecule has 0 atom stereocenters. The van der Waals surface area contributed by atoms with E-state index in [0.717, 1.165) is 19.6 Å². The lowest BCUT2D eigenvalue weighted by Crippen LogP contribution is -2.50. The zero-order valence-corrected chi connectivity index (χ0v) is 9.52. The predicted molar refractivity (Wildman–Crippen MR) is 53.5 cm³/mol. The van der Waals surface area contributed by atoms with Crippen molar-refractivity contribution in [3.63, 3.8) is 0 Å². The Morgan fingerprint density at radius 1 is 1.15 bits per heavy atom. The average molecular weight is 186 g/mol. The fourth-order valence-electron chi connectivity index (χ4n) is 1.66. The van der Waals surface area contributed by atoms with Gasteiger partial charge in [0.15, 0.2) is 5.79 Å². The molecule has 1 aliphatic rings. The summed E-state index contributed by atoms with van der Waals surface area (Å²) in [6, 6.07) is 0. The van der Waals surface area contributed by atoms with E-state index in [1.165, 1.54) is 0 Å². The van der Waals surface area contributed by atoms with Gasteiger partial charge in [0.2, 0.25) is 0 Å². The van der Waals surface area contributed by atoms with Gasteiger partial charge in [0.25, 0.3) is 0 Å². The minimum atomic E-state index is -0.324. The maximum absolute atomic E-state index is 5.87. The molecule has 1 aliphatic heterocycles. The molecule has 2 nitrogen and oxygen atoms in total. The topological polar surface area (TPSA) is 18.5 Å². The van der Waals surface area contributed by atoms with Gasteiger partial charge in [0.05, 0.1) is 13.2 Å². The maximum atomic E-state index is 5.87. The van der Waals surface area contributed by atoms with Gasteiger partial charge in [0.1, 0.15) is 0 Å². The standard InChI is InChI=1S/C11H22O2/c1-6-11(9(2)3)12-7-10(4,5)8-13-11/h9H,6-8H2,1-5H3. The summed E-state index contributed by atoms with van der Waals surface area (Å²) in [6.45, 7) is 12.4. The molecule has 0 aromatic heterocycles. The molecule has 1 fully saturated rings. The van der Waals surface area contributed by atoms with Crippen LogP contribution in [0.2, 0.25) is 0 Å². The monoisotopic (exact) mass is 186 g/mol. The average Bonchev–Trinajstić information content (AvgIpc) is 2.05. The van der Waals surface area contributed by atoms with Crippen LogP contribution in [0.25, 0.3) is 0 Å². The molecule has 1 heterocycles. The molecule has 0 spiro atoms. The van der Waals surface area contributed by atoms with Crippen LogP contribution in [0.1, 0.15) is 41.0 Å². The van der Waals surface area contributed by atoms with Crippen LogP contribution in [0.15, 0.2) is 0 Å². The number of ether oxygens (including phenoxy) is 2. The minimum Gasteiger partial charge on any atom is -0.349 e. The van der Waals surface area contributed by atoms with Crippen molar-refractivity contribution in [1.82, 2.24) is 0 Å². The molecule has 0 aliphatic carbocycles. The Morgan fingerprint density at radius 3 is 1.92 bits per heavy atom. The largest absolute Gasteiger partial charge is 0.349 e. The fourth-order valence-corrected chi connectivity index (χ4v) is 1.66. The lowest BCUT2D eigenvalue weighted by Gasteiger charge is -2.45. The van der Waals surface area contributed by atoms with Crippen LogP contribution in [0.5, 0.6) is 0 Å². The second kappa shape index (κ2) is 3.58. The van der Waals surface area contributed by atoms with E-state index >= 15 is 0 Å². The Hall–Kier alpha value is -0.0800. The molecular weight excluding hydrogens is 164 g/mol. The van der Waals surface area contributed by atoms with E-state index in [0.29, 0.717) is 5.92 Å². The first kappa shape index (κ1) is 11.0. The second-order valence-electron chi connectivity index (χ2n) is 5.06. The van der Waals surface area contributed by atoms with Crippen molar-refractivity contribution in [2.24, 2.45) is 11.3 Å². The van der Waals surface area contributed by atoms with Gasteiger partial charge in [0, 0.05) is 11.3 Å². The summed E-state index contributed by atoms with van der Waals surface area (Å²) in [5.41, 5.74) is 0.174. The summed E-state index contributed by atoms with van der Waals surface area (Å²) in [4.78, 5) is 0. The number of rotatable bonds is 2. The summed E-state index contributed by atoms with van der Waals surface area (Å²) in [7, 11) is 0. The first-order valence-electron chi connectivity index (χ1n) is 5.20.